The molecule has 2 unspecified atom stereocenters. The van der Waals surface area contributed by atoms with Crippen molar-refractivity contribution in [3.63, 3.8) is 0 Å². The quantitative estimate of drug-likeness (QED) is 0.609. The Morgan fingerprint density at radius 1 is 1.09 bits per heavy atom. The van der Waals surface area contributed by atoms with E-state index < -0.39 is 0 Å². The van der Waals surface area contributed by atoms with E-state index >= 15 is 0 Å². The largest absolute Gasteiger partial charge is 0.330 e. The topological polar surface area (TPSA) is 26.0 Å². The highest BCUT2D eigenvalue weighted by Crippen LogP contribution is 2.29. The van der Waals surface area contributed by atoms with Gasteiger partial charge in [-0.25, -0.2) is 0 Å². The van der Waals surface area contributed by atoms with Gasteiger partial charge in [0.25, 0.3) is 0 Å². The third kappa shape index (κ3) is 2.48. The van der Waals surface area contributed by atoms with Gasteiger partial charge in [-0.1, -0.05) is 39.0 Å². The molecule has 0 radical (unpaired) electrons. The third-order valence-corrected chi connectivity index (χ3v) is 3.14. The molecule has 0 bridgehead atoms. The molecule has 0 saturated heterocycles. The van der Waals surface area contributed by atoms with Crippen molar-refractivity contribution in [2.75, 3.05) is 6.54 Å². The summed E-state index contributed by atoms with van der Waals surface area (Å²) >= 11 is 0. The van der Waals surface area contributed by atoms with Gasteiger partial charge in [-0.15, -0.1) is 0 Å². The van der Waals surface area contributed by atoms with Crippen LogP contribution in [0.4, 0.5) is 0 Å². The van der Waals surface area contributed by atoms with E-state index in [1.165, 1.54) is 38.5 Å². The molecule has 0 amide bonds. The summed E-state index contributed by atoms with van der Waals surface area (Å²) in [6, 6.07) is 0. The lowest BCUT2D eigenvalue weighted by Gasteiger charge is -2.21. The molecule has 1 fully saturated rings. The molecule has 2 N–H and O–H groups in total. The summed E-state index contributed by atoms with van der Waals surface area (Å²) in [5.74, 6) is 1.77. The Morgan fingerprint density at radius 2 is 1.73 bits per heavy atom. The Kier molecular flexibility index (Phi) is 3.92. The van der Waals surface area contributed by atoms with Crippen molar-refractivity contribution in [1.82, 2.24) is 0 Å². The van der Waals surface area contributed by atoms with Gasteiger partial charge in [-0.3, -0.25) is 0 Å². The summed E-state index contributed by atoms with van der Waals surface area (Å²) in [6.07, 6.45) is 8.44. The SMILES string of the molecule is CCC1CCCCCC1CN. The zero-order valence-corrected chi connectivity index (χ0v) is 7.68. The van der Waals surface area contributed by atoms with Crippen molar-refractivity contribution in [3.8, 4) is 0 Å². The van der Waals surface area contributed by atoms with E-state index in [4.69, 9.17) is 5.73 Å². The van der Waals surface area contributed by atoms with Gasteiger partial charge in [0.15, 0.2) is 0 Å². The molecule has 0 heterocycles. The lowest BCUT2D eigenvalue weighted by atomic mass is 9.86. The predicted molar refractivity (Wildman–Crippen MR) is 49.4 cm³/mol. The second-order valence-corrected chi connectivity index (χ2v) is 3.80. The number of hydrogen-bond donors (Lipinski definition) is 1. The molecule has 1 aliphatic carbocycles. The molecule has 0 aliphatic heterocycles. The third-order valence-electron chi connectivity index (χ3n) is 3.14. The first-order valence-electron chi connectivity index (χ1n) is 5.08. The molecule has 0 aromatic heterocycles. The van der Waals surface area contributed by atoms with Crippen LogP contribution in [0.25, 0.3) is 0 Å². The van der Waals surface area contributed by atoms with Gasteiger partial charge in [-0.2, -0.15) is 0 Å². The first-order valence-corrected chi connectivity index (χ1v) is 5.08. The van der Waals surface area contributed by atoms with Crippen LogP contribution in [0.3, 0.4) is 0 Å². The van der Waals surface area contributed by atoms with Crippen molar-refractivity contribution in [2.24, 2.45) is 17.6 Å². The van der Waals surface area contributed by atoms with E-state index in [1.807, 2.05) is 0 Å². The Hall–Kier alpha value is -0.0400. The van der Waals surface area contributed by atoms with Crippen molar-refractivity contribution < 1.29 is 0 Å². The molecule has 1 rings (SSSR count). The van der Waals surface area contributed by atoms with Crippen LogP contribution in [0.5, 0.6) is 0 Å². The molecule has 66 valence electrons. The molecular formula is C10H21N. The minimum absolute atomic E-state index is 0.836. The average molecular weight is 155 g/mol. The summed E-state index contributed by atoms with van der Waals surface area (Å²) in [5.41, 5.74) is 5.74. The van der Waals surface area contributed by atoms with Gasteiger partial charge < -0.3 is 5.73 Å². The second kappa shape index (κ2) is 4.76. The summed E-state index contributed by atoms with van der Waals surface area (Å²) < 4.78 is 0. The first-order chi connectivity index (χ1) is 5.38. The Balaban J connectivity index is 2.41. The molecule has 0 aromatic carbocycles. The smallest absolute Gasteiger partial charge is 0.00462 e. The first kappa shape index (κ1) is 9.05. The second-order valence-electron chi connectivity index (χ2n) is 3.80. The fourth-order valence-corrected chi connectivity index (χ4v) is 2.31. The van der Waals surface area contributed by atoms with Crippen molar-refractivity contribution >= 4 is 0 Å². The summed E-state index contributed by atoms with van der Waals surface area (Å²) in [6.45, 7) is 3.22. The van der Waals surface area contributed by atoms with Crippen LogP contribution in [0.15, 0.2) is 0 Å². The highest BCUT2D eigenvalue weighted by molar-refractivity contribution is 4.73. The number of nitrogens with two attached hydrogens (primary N) is 1. The zero-order valence-electron chi connectivity index (χ0n) is 7.68. The van der Waals surface area contributed by atoms with E-state index in [2.05, 4.69) is 6.92 Å². The van der Waals surface area contributed by atoms with Gasteiger partial charge >= 0.3 is 0 Å². The summed E-state index contributed by atoms with van der Waals surface area (Å²) in [7, 11) is 0. The van der Waals surface area contributed by atoms with Gasteiger partial charge in [0, 0.05) is 0 Å². The normalized spacial score (nSPS) is 33.3. The Morgan fingerprint density at radius 3 is 2.27 bits per heavy atom. The van der Waals surface area contributed by atoms with Crippen molar-refractivity contribution in [3.05, 3.63) is 0 Å². The van der Waals surface area contributed by atoms with Crippen LogP contribution < -0.4 is 5.73 Å². The van der Waals surface area contributed by atoms with E-state index in [-0.39, 0.29) is 0 Å². The van der Waals surface area contributed by atoms with Crippen LogP contribution in [0.1, 0.15) is 45.4 Å². The molecule has 0 spiro atoms. The maximum absolute atomic E-state index is 5.74. The Labute approximate surface area is 70.4 Å². The molecule has 11 heavy (non-hydrogen) atoms. The Bertz CT molecular complexity index is 89.0. The van der Waals surface area contributed by atoms with E-state index in [0.29, 0.717) is 0 Å². The molecule has 1 aliphatic rings. The minimum atomic E-state index is 0.836. The van der Waals surface area contributed by atoms with Gasteiger partial charge in [-0.05, 0) is 24.8 Å². The fraction of sp³-hybridized carbons (Fsp3) is 1.00. The molecule has 2 atom stereocenters. The molecule has 1 nitrogen and oxygen atoms in total. The molecule has 1 saturated carbocycles. The lowest BCUT2D eigenvalue weighted by molar-refractivity contribution is 0.311. The molecule has 0 aromatic rings. The average Bonchev–Trinajstić information content (AvgIpc) is 2.27. The van der Waals surface area contributed by atoms with Crippen LogP contribution in [0, 0.1) is 11.8 Å². The van der Waals surface area contributed by atoms with E-state index in [1.54, 1.807) is 0 Å². The maximum Gasteiger partial charge on any atom is -0.00462 e. The maximum atomic E-state index is 5.74. The van der Waals surface area contributed by atoms with Gasteiger partial charge in [0.2, 0.25) is 0 Å². The highest BCUT2D eigenvalue weighted by atomic mass is 14.6. The summed E-state index contributed by atoms with van der Waals surface area (Å²) in [4.78, 5) is 0. The number of hydrogen-bond acceptors (Lipinski definition) is 1. The van der Waals surface area contributed by atoms with Gasteiger partial charge in [0.05, 0.1) is 0 Å². The highest BCUT2D eigenvalue weighted by Gasteiger charge is 2.20. The van der Waals surface area contributed by atoms with Gasteiger partial charge in [0.1, 0.15) is 0 Å². The zero-order chi connectivity index (χ0) is 8.10. The van der Waals surface area contributed by atoms with Crippen molar-refractivity contribution in [2.45, 2.75) is 45.4 Å². The van der Waals surface area contributed by atoms with Crippen molar-refractivity contribution in [1.29, 1.82) is 0 Å². The monoisotopic (exact) mass is 155 g/mol. The lowest BCUT2D eigenvalue weighted by Crippen LogP contribution is -2.21. The standard InChI is InChI=1S/C10H21N/c1-2-9-6-4-3-5-7-10(9)8-11/h9-10H,2-8,11H2,1H3. The van der Waals surface area contributed by atoms with Crippen LogP contribution in [-0.2, 0) is 0 Å². The van der Waals surface area contributed by atoms with Crippen LogP contribution >= 0.6 is 0 Å². The van der Waals surface area contributed by atoms with Crippen LogP contribution in [0.2, 0.25) is 0 Å². The van der Waals surface area contributed by atoms with Crippen LogP contribution in [-0.4, -0.2) is 6.54 Å². The minimum Gasteiger partial charge on any atom is -0.330 e. The van der Waals surface area contributed by atoms with E-state index in [9.17, 15) is 0 Å². The fourth-order valence-electron chi connectivity index (χ4n) is 2.31. The summed E-state index contributed by atoms with van der Waals surface area (Å²) in [5, 5.41) is 0. The molecule has 1 heteroatoms. The van der Waals surface area contributed by atoms with E-state index in [0.717, 1.165) is 18.4 Å². The molecular weight excluding hydrogens is 134 g/mol. The predicted octanol–water partition coefficient (Wildman–Crippen LogP) is 2.55. The number of rotatable bonds is 2.